The second-order valence-corrected chi connectivity index (χ2v) is 10.7. The Morgan fingerprint density at radius 2 is 1.55 bits per heavy atom. The minimum Gasteiger partial charge on any atom is -0.338 e. The zero-order chi connectivity index (χ0) is 22.5. The summed E-state index contributed by atoms with van der Waals surface area (Å²) in [6.45, 7) is 0. The molecule has 1 fully saturated rings. The molecule has 1 aliphatic rings. The van der Waals surface area contributed by atoms with Crippen LogP contribution in [0.1, 0.15) is 43.2 Å². The molecule has 1 unspecified atom stereocenters. The van der Waals surface area contributed by atoms with E-state index in [-0.39, 0.29) is 11.7 Å². The molecule has 6 nitrogen and oxygen atoms in total. The van der Waals surface area contributed by atoms with Crippen molar-refractivity contribution in [2.45, 2.75) is 55.9 Å². The van der Waals surface area contributed by atoms with Crippen LogP contribution in [0, 0.1) is 11.3 Å². The third-order valence-corrected chi connectivity index (χ3v) is 6.63. The molecule has 164 valence electrons. The number of nitriles is 1. The van der Waals surface area contributed by atoms with Crippen LogP contribution >= 0.6 is 0 Å². The molecule has 0 radical (unpaired) electrons. The molecule has 0 spiro atoms. The summed E-state index contributed by atoms with van der Waals surface area (Å²) in [6, 6.07) is 16.8. The number of nitrogens with zero attached hydrogens (tertiary/aromatic N) is 1. The summed E-state index contributed by atoms with van der Waals surface area (Å²) in [4.78, 5) is 12.6. The number of carbonyl (C=O) groups excluding carboxylic acids is 1. The summed E-state index contributed by atoms with van der Waals surface area (Å²) in [6.07, 6.45) is 5.94. The summed E-state index contributed by atoms with van der Waals surface area (Å²) >= 11 is 0. The highest BCUT2D eigenvalue weighted by atomic mass is 32.2. The fourth-order valence-corrected chi connectivity index (χ4v) is 4.80. The first kappa shape index (κ1) is 23.0. The van der Waals surface area contributed by atoms with Crippen LogP contribution < -0.4 is 11.1 Å². The molecule has 1 aliphatic carbocycles. The van der Waals surface area contributed by atoms with Crippen molar-refractivity contribution in [2.75, 3.05) is 6.26 Å². The molecule has 3 rings (SSSR count). The molecule has 0 bridgehead atoms. The zero-order valence-corrected chi connectivity index (χ0v) is 18.6. The molecule has 0 aromatic heterocycles. The lowest BCUT2D eigenvalue weighted by Crippen LogP contribution is -2.57. The Morgan fingerprint density at radius 1 is 1.03 bits per heavy atom. The van der Waals surface area contributed by atoms with Gasteiger partial charge in [0.1, 0.15) is 6.04 Å². The van der Waals surface area contributed by atoms with Crippen molar-refractivity contribution >= 4 is 15.7 Å². The van der Waals surface area contributed by atoms with Gasteiger partial charge in [-0.15, -0.1) is 0 Å². The normalized spacial score (nSPS) is 16.8. The van der Waals surface area contributed by atoms with Gasteiger partial charge in [0.05, 0.1) is 17.4 Å². The zero-order valence-electron chi connectivity index (χ0n) is 17.8. The van der Waals surface area contributed by atoms with Crippen LogP contribution in [0.15, 0.2) is 48.5 Å². The largest absolute Gasteiger partial charge is 0.338 e. The van der Waals surface area contributed by atoms with E-state index in [2.05, 4.69) is 11.4 Å². The lowest BCUT2D eigenvalue weighted by Gasteiger charge is -2.32. The van der Waals surface area contributed by atoms with Crippen LogP contribution in [0.3, 0.4) is 0 Å². The molecule has 2 aromatic rings. The number of hydrogen-bond donors (Lipinski definition) is 2. The van der Waals surface area contributed by atoms with E-state index in [4.69, 9.17) is 5.73 Å². The van der Waals surface area contributed by atoms with E-state index in [0.717, 1.165) is 41.5 Å². The highest BCUT2D eigenvalue weighted by Gasteiger charge is 2.36. The highest BCUT2D eigenvalue weighted by molar-refractivity contribution is 7.89. The second kappa shape index (κ2) is 9.63. The van der Waals surface area contributed by atoms with Gasteiger partial charge < -0.3 is 11.1 Å². The third kappa shape index (κ3) is 6.39. The first-order valence-corrected chi connectivity index (χ1v) is 12.6. The third-order valence-electron chi connectivity index (χ3n) is 5.77. The number of carbonyl (C=O) groups is 1. The van der Waals surface area contributed by atoms with Crippen molar-refractivity contribution in [3.63, 3.8) is 0 Å². The predicted octanol–water partition coefficient (Wildman–Crippen LogP) is 3.11. The number of rotatable bonds is 7. The molecule has 3 N–H and O–H groups in total. The van der Waals surface area contributed by atoms with Gasteiger partial charge >= 0.3 is 0 Å². The average molecular weight is 440 g/mol. The second-order valence-electron chi connectivity index (χ2n) is 8.54. The minimum atomic E-state index is -3.06. The van der Waals surface area contributed by atoms with Gasteiger partial charge in [-0.3, -0.25) is 4.79 Å². The van der Waals surface area contributed by atoms with Gasteiger partial charge in [0.25, 0.3) is 0 Å². The van der Waals surface area contributed by atoms with Crippen molar-refractivity contribution in [3.05, 3.63) is 59.7 Å². The molecule has 1 saturated carbocycles. The van der Waals surface area contributed by atoms with E-state index in [1.54, 1.807) is 0 Å². The van der Waals surface area contributed by atoms with E-state index in [0.29, 0.717) is 19.3 Å². The topological polar surface area (TPSA) is 113 Å². The summed E-state index contributed by atoms with van der Waals surface area (Å²) in [7, 11) is -3.06. The summed E-state index contributed by atoms with van der Waals surface area (Å²) in [5.41, 5.74) is 9.09. The van der Waals surface area contributed by atoms with E-state index in [1.807, 2.05) is 48.5 Å². The summed E-state index contributed by atoms with van der Waals surface area (Å²) < 4.78 is 22.8. The van der Waals surface area contributed by atoms with Crippen LogP contribution in [-0.2, 0) is 26.8 Å². The first-order valence-electron chi connectivity index (χ1n) is 10.5. The van der Waals surface area contributed by atoms with E-state index in [1.165, 1.54) is 6.26 Å². The van der Waals surface area contributed by atoms with Crippen molar-refractivity contribution < 1.29 is 13.2 Å². The van der Waals surface area contributed by atoms with E-state index < -0.39 is 21.4 Å². The van der Waals surface area contributed by atoms with Gasteiger partial charge in [-0.1, -0.05) is 67.8 Å². The number of hydrogen-bond acceptors (Lipinski definition) is 5. The number of benzene rings is 2. The highest BCUT2D eigenvalue weighted by Crippen LogP contribution is 2.26. The van der Waals surface area contributed by atoms with Gasteiger partial charge in [-0.2, -0.15) is 5.26 Å². The Bertz CT molecular complexity index is 1050. The van der Waals surface area contributed by atoms with Crippen LogP contribution in [-0.4, -0.2) is 32.2 Å². The predicted molar refractivity (Wildman–Crippen MR) is 122 cm³/mol. The minimum absolute atomic E-state index is 0.0254. The quantitative estimate of drug-likeness (QED) is 0.688. The SMILES string of the molecule is CS(=O)(=O)Cc1ccc(-c2ccc(CC(C#N)NC(=O)C3(N)CCCCC3)cc2)cc1. The van der Waals surface area contributed by atoms with Gasteiger partial charge in [-0.05, 0) is 35.1 Å². The Hall–Kier alpha value is -2.69. The van der Waals surface area contributed by atoms with Crippen molar-refractivity contribution in [1.29, 1.82) is 5.26 Å². The summed E-state index contributed by atoms with van der Waals surface area (Å²) in [5, 5.41) is 12.3. The van der Waals surface area contributed by atoms with Crippen LogP contribution in [0.4, 0.5) is 0 Å². The Balaban J connectivity index is 1.62. The molecule has 2 aromatic carbocycles. The Morgan fingerprint density at radius 3 is 2.03 bits per heavy atom. The number of sulfone groups is 1. The molecule has 0 heterocycles. The van der Waals surface area contributed by atoms with Gasteiger partial charge in [0.2, 0.25) is 5.91 Å². The van der Waals surface area contributed by atoms with Crippen LogP contribution in [0.5, 0.6) is 0 Å². The monoisotopic (exact) mass is 439 g/mol. The van der Waals surface area contributed by atoms with Gasteiger partial charge in [-0.25, -0.2) is 8.42 Å². The van der Waals surface area contributed by atoms with Crippen molar-refractivity contribution in [2.24, 2.45) is 5.73 Å². The number of nitrogens with two attached hydrogens (primary N) is 1. The van der Waals surface area contributed by atoms with Crippen molar-refractivity contribution in [3.8, 4) is 17.2 Å². The standard InChI is InChI=1S/C24H29N3O3S/c1-31(29,30)17-19-7-11-21(12-8-19)20-9-5-18(6-10-20)15-22(16-25)27-23(28)24(26)13-3-2-4-14-24/h5-12,22H,2-4,13-15,17,26H2,1H3,(H,27,28). The maximum Gasteiger partial charge on any atom is 0.241 e. The molecule has 0 saturated heterocycles. The number of amides is 1. The molecule has 31 heavy (non-hydrogen) atoms. The Labute approximate surface area is 184 Å². The lowest BCUT2D eigenvalue weighted by atomic mass is 9.81. The molecular weight excluding hydrogens is 410 g/mol. The molecule has 1 amide bonds. The van der Waals surface area contributed by atoms with Crippen molar-refractivity contribution in [1.82, 2.24) is 5.32 Å². The van der Waals surface area contributed by atoms with Crippen LogP contribution in [0.25, 0.3) is 11.1 Å². The average Bonchev–Trinajstić information content (AvgIpc) is 2.74. The fourth-order valence-electron chi connectivity index (χ4n) is 4.01. The fraction of sp³-hybridized carbons (Fsp3) is 0.417. The molecule has 7 heteroatoms. The van der Waals surface area contributed by atoms with E-state index in [9.17, 15) is 18.5 Å². The lowest BCUT2D eigenvalue weighted by molar-refractivity contribution is -0.127. The maximum absolute atomic E-state index is 12.6. The Kier molecular flexibility index (Phi) is 7.14. The summed E-state index contributed by atoms with van der Waals surface area (Å²) in [5.74, 6) is -0.207. The maximum atomic E-state index is 12.6. The van der Waals surface area contributed by atoms with Gasteiger partial charge in [0.15, 0.2) is 9.84 Å². The molecule has 1 atom stereocenters. The molecular formula is C24H29N3O3S. The number of nitrogens with one attached hydrogen (secondary N) is 1. The van der Waals surface area contributed by atoms with E-state index >= 15 is 0 Å². The molecule has 0 aliphatic heterocycles. The van der Waals surface area contributed by atoms with Gasteiger partial charge in [0, 0.05) is 12.7 Å². The van der Waals surface area contributed by atoms with Crippen LogP contribution in [0.2, 0.25) is 0 Å². The first-order chi connectivity index (χ1) is 14.7. The smallest absolute Gasteiger partial charge is 0.241 e.